The minimum Gasteiger partial charge on any atom is -0.483 e. The topological polar surface area (TPSA) is 161 Å². The second kappa shape index (κ2) is 10.3. The Bertz CT molecular complexity index is 1000. The van der Waals surface area contributed by atoms with Crippen molar-refractivity contribution in [3.05, 3.63) is 39.7 Å². The normalized spacial score (nSPS) is 11.7. The molecule has 1 atom stereocenters. The van der Waals surface area contributed by atoms with Crippen molar-refractivity contribution in [2.75, 3.05) is 13.2 Å². The van der Waals surface area contributed by atoms with Crippen LogP contribution in [0.4, 0.5) is 4.79 Å². The molecule has 0 spiro atoms. The lowest BCUT2D eigenvalue weighted by Crippen LogP contribution is -2.43. The average molecular weight is 419 g/mol. The van der Waals surface area contributed by atoms with Gasteiger partial charge in [-0.3, -0.25) is 4.79 Å². The average Bonchev–Trinajstić information content (AvgIpc) is 2.69. The lowest BCUT2D eigenvalue weighted by Gasteiger charge is -2.16. The van der Waals surface area contributed by atoms with Gasteiger partial charge in [0.2, 0.25) is 0 Å². The number of benzene rings is 1. The van der Waals surface area contributed by atoms with Gasteiger partial charge in [0.15, 0.2) is 6.61 Å². The first kappa shape index (κ1) is 22.7. The molecule has 5 N–H and O–H groups in total. The van der Waals surface area contributed by atoms with Crippen LogP contribution in [0.5, 0.6) is 5.75 Å². The molecule has 0 aliphatic rings. The quantitative estimate of drug-likeness (QED) is 0.331. The predicted molar refractivity (Wildman–Crippen MR) is 108 cm³/mol. The van der Waals surface area contributed by atoms with Gasteiger partial charge in [-0.1, -0.05) is 6.92 Å². The van der Waals surface area contributed by atoms with Crippen molar-refractivity contribution in [1.29, 1.82) is 0 Å². The SMILES string of the molecule is CCc1cc(=O)oc2c(C)c(OCC(=O)N[C@@H](CCCNC(N)=O)C(=O)O)ccc12. The molecule has 0 saturated carbocycles. The van der Waals surface area contributed by atoms with E-state index in [-0.39, 0.29) is 13.0 Å². The van der Waals surface area contributed by atoms with Crippen molar-refractivity contribution < 1.29 is 28.6 Å². The fraction of sp³-hybridized carbons (Fsp3) is 0.400. The second-order valence-electron chi connectivity index (χ2n) is 6.69. The molecular formula is C20H25N3O7. The Balaban J connectivity index is 2.01. The smallest absolute Gasteiger partial charge is 0.336 e. The number of primary amides is 1. The Hall–Kier alpha value is -3.56. The molecule has 3 amide bonds. The molecule has 2 aromatic rings. The number of aryl methyl sites for hydroxylation is 2. The minimum absolute atomic E-state index is 0.112. The molecule has 0 unspecified atom stereocenters. The number of carboxylic acid groups (broad SMARTS) is 1. The van der Waals surface area contributed by atoms with Crippen LogP contribution in [-0.2, 0) is 16.0 Å². The largest absolute Gasteiger partial charge is 0.483 e. The second-order valence-corrected chi connectivity index (χ2v) is 6.69. The number of rotatable bonds is 10. The summed E-state index contributed by atoms with van der Waals surface area (Å²) in [5.41, 5.74) is 6.29. The molecule has 10 nitrogen and oxygen atoms in total. The van der Waals surface area contributed by atoms with Crippen molar-refractivity contribution in [3.63, 3.8) is 0 Å². The van der Waals surface area contributed by atoms with Crippen LogP contribution in [0, 0.1) is 6.92 Å². The predicted octanol–water partition coefficient (Wildman–Crippen LogP) is 1.06. The van der Waals surface area contributed by atoms with Crippen LogP contribution < -0.4 is 26.7 Å². The van der Waals surface area contributed by atoms with E-state index in [4.69, 9.17) is 14.9 Å². The summed E-state index contributed by atoms with van der Waals surface area (Å²) < 4.78 is 10.8. The number of nitrogens with one attached hydrogen (secondary N) is 2. The Morgan fingerprint density at radius 3 is 2.67 bits per heavy atom. The highest BCUT2D eigenvalue weighted by Gasteiger charge is 2.20. The van der Waals surface area contributed by atoms with Crippen LogP contribution in [-0.4, -0.2) is 42.2 Å². The summed E-state index contributed by atoms with van der Waals surface area (Å²) in [7, 11) is 0. The first-order valence-electron chi connectivity index (χ1n) is 9.47. The number of carboxylic acids is 1. The van der Waals surface area contributed by atoms with Crippen molar-refractivity contribution in [2.45, 2.75) is 39.2 Å². The third-order valence-electron chi connectivity index (χ3n) is 4.54. The molecule has 0 aliphatic carbocycles. The number of amides is 3. The number of ether oxygens (including phenoxy) is 1. The third kappa shape index (κ3) is 5.97. The maximum Gasteiger partial charge on any atom is 0.336 e. The lowest BCUT2D eigenvalue weighted by molar-refractivity contribution is -0.142. The Morgan fingerprint density at radius 2 is 2.03 bits per heavy atom. The molecule has 1 aromatic carbocycles. The van der Waals surface area contributed by atoms with E-state index in [1.807, 2.05) is 6.92 Å². The number of aliphatic carboxylic acids is 1. The van der Waals surface area contributed by atoms with Crippen molar-refractivity contribution >= 4 is 28.9 Å². The van der Waals surface area contributed by atoms with E-state index in [9.17, 15) is 24.3 Å². The van der Waals surface area contributed by atoms with E-state index in [2.05, 4.69) is 10.6 Å². The van der Waals surface area contributed by atoms with Gasteiger partial charge in [0.25, 0.3) is 5.91 Å². The number of hydrogen-bond acceptors (Lipinski definition) is 6. The number of carbonyl (C=O) groups is 3. The van der Waals surface area contributed by atoms with Gasteiger partial charge in [0.05, 0.1) is 0 Å². The molecule has 10 heteroatoms. The number of hydrogen-bond donors (Lipinski definition) is 4. The standard InChI is InChI=1S/C20H25N3O7/c1-3-12-9-17(25)30-18-11(2)15(7-6-13(12)18)29-10-16(24)23-14(19(26)27)5-4-8-22-20(21)28/h6-7,9,14H,3-5,8,10H2,1-2H3,(H,23,24)(H,26,27)(H3,21,22,28)/t14-/m0/s1. The summed E-state index contributed by atoms with van der Waals surface area (Å²) in [6.07, 6.45) is 1.10. The van der Waals surface area contributed by atoms with Gasteiger partial charge in [-0.25, -0.2) is 14.4 Å². The van der Waals surface area contributed by atoms with Gasteiger partial charge >= 0.3 is 17.6 Å². The maximum atomic E-state index is 12.1. The Morgan fingerprint density at radius 1 is 1.30 bits per heavy atom. The van der Waals surface area contributed by atoms with E-state index in [0.717, 1.165) is 10.9 Å². The van der Waals surface area contributed by atoms with Crippen molar-refractivity contribution in [1.82, 2.24) is 10.6 Å². The summed E-state index contributed by atoms with van der Waals surface area (Å²) in [6, 6.07) is 3.05. The van der Waals surface area contributed by atoms with Gasteiger partial charge in [-0.15, -0.1) is 0 Å². The molecule has 30 heavy (non-hydrogen) atoms. The number of nitrogens with two attached hydrogens (primary N) is 1. The maximum absolute atomic E-state index is 12.1. The summed E-state index contributed by atoms with van der Waals surface area (Å²) in [5.74, 6) is -1.46. The number of urea groups is 1. The van der Waals surface area contributed by atoms with Gasteiger partial charge in [-0.2, -0.15) is 0 Å². The molecule has 0 saturated heterocycles. The minimum atomic E-state index is -1.20. The molecule has 0 fully saturated rings. The van der Waals surface area contributed by atoms with E-state index in [1.54, 1.807) is 19.1 Å². The van der Waals surface area contributed by atoms with Crippen molar-refractivity contribution in [3.8, 4) is 5.75 Å². The zero-order valence-electron chi connectivity index (χ0n) is 16.8. The monoisotopic (exact) mass is 419 g/mol. The first-order valence-corrected chi connectivity index (χ1v) is 9.47. The molecule has 162 valence electrons. The van der Waals surface area contributed by atoms with Crippen LogP contribution >= 0.6 is 0 Å². The summed E-state index contributed by atoms with van der Waals surface area (Å²) in [6.45, 7) is 3.44. The first-order chi connectivity index (χ1) is 14.2. The Labute approximate surface area is 172 Å². The van der Waals surface area contributed by atoms with Gasteiger partial charge < -0.3 is 30.6 Å². The highest BCUT2D eigenvalue weighted by Crippen LogP contribution is 2.28. The molecule has 1 heterocycles. The van der Waals surface area contributed by atoms with Gasteiger partial charge in [-0.05, 0) is 43.9 Å². The zero-order chi connectivity index (χ0) is 22.3. The molecular weight excluding hydrogens is 394 g/mol. The molecule has 0 radical (unpaired) electrons. The van der Waals surface area contributed by atoms with Crippen LogP contribution in [0.25, 0.3) is 11.0 Å². The fourth-order valence-corrected chi connectivity index (χ4v) is 3.01. The number of fused-ring (bicyclic) bond motifs is 1. The Kier molecular flexibility index (Phi) is 7.79. The number of carbonyl (C=O) groups excluding carboxylic acids is 2. The van der Waals surface area contributed by atoms with Gasteiger partial charge in [0, 0.05) is 23.6 Å². The highest BCUT2D eigenvalue weighted by atomic mass is 16.5. The van der Waals surface area contributed by atoms with Crippen molar-refractivity contribution in [2.24, 2.45) is 5.73 Å². The van der Waals surface area contributed by atoms with Crippen LogP contribution in [0.15, 0.2) is 27.4 Å². The summed E-state index contributed by atoms with van der Waals surface area (Å²) in [5, 5.41) is 14.8. The summed E-state index contributed by atoms with van der Waals surface area (Å²) in [4.78, 5) is 45.8. The van der Waals surface area contributed by atoms with E-state index in [0.29, 0.717) is 29.7 Å². The summed E-state index contributed by atoms with van der Waals surface area (Å²) >= 11 is 0. The zero-order valence-corrected chi connectivity index (χ0v) is 16.8. The highest BCUT2D eigenvalue weighted by molar-refractivity contribution is 5.86. The lowest BCUT2D eigenvalue weighted by atomic mass is 10.0. The molecule has 2 rings (SSSR count). The fourth-order valence-electron chi connectivity index (χ4n) is 3.01. The van der Waals surface area contributed by atoms with Crippen LogP contribution in [0.3, 0.4) is 0 Å². The van der Waals surface area contributed by atoms with Crippen LogP contribution in [0.1, 0.15) is 30.9 Å². The van der Waals surface area contributed by atoms with Gasteiger partial charge in [0.1, 0.15) is 17.4 Å². The molecule has 1 aromatic heterocycles. The van der Waals surface area contributed by atoms with E-state index in [1.165, 1.54) is 6.07 Å². The third-order valence-corrected chi connectivity index (χ3v) is 4.54. The molecule has 0 bridgehead atoms. The molecule has 0 aliphatic heterocycles. The van der Waals surface area contributed by atoms with E-state index >= 15 is 0 Å². The van der Waals surface area contributed by atoms with Crippen LogP contribution in [0.2, 0.25) is 0 Å². The van der Waals surface area contributed by atoms with E-state index < -0.39 is 36.2 Å².